The van der Waals surface area contributed by atoms with Crippen LogP contribution >= 0.6 is 0 Å². The Balaban J connectivity index is 1.66. The molecule has 0 spiro atoms. The van der Waals surface area contributed by atoms with Gasteiger partial charge in [-0.3, -0.25) is 0 Å². The summed E-state index contributed by atoms with van der Waals surface area (Å²) in [6.07, 6.45) is 11.1. The van der Waals surface area contributed by atoms with Gasteiger partial charge in [0, 0.05) is 24.6 Å². The fourth-order valence-corrected chi connectivity index (χ4v) is 2.70. The number of hydrogen-bond acceptors (Lipinski definition) is 2. The summed E-state index contributed by atoms with van der Waals surface area (Å²) in [6.45, 7) is 2.59. The highest BCUT2D eigenvalue weighted by Crippen LogP contribution is 2.30. The summed E-state index contributed by atoms with van der Waals surface area (Å²) in [7, 11) is 0. The maximum atomic E-state index is 9.03. The molecule has 0 saturated heterocycles. The molecule has 2 rings (SSSR count). The van der Waals surface area contributed by atoms with Crippen molar-refractivity contribution in [1.29, 1.82) is 0 Å². The lowest BCUT2D eigenvalue weighted by molar-refractivity contribution is 0.236. The molecule has 1 unspecified atom stereocenters. The first kappa shape index (κ1) is 11.2. The second-order valence-electron chi connectivity index (χ2n) is 5.27. The highest BCUT2D eigenvalue weighted by Gasteiger charge is 2.23. The Morgan fingerprint density at radius 1 is 1.40 bits per heavy atom. The third-order valence-electron chi connectivity index (χ3n) is 3.82. The highest BCUT2D eigenvalue weighted by molar-refractivity contribution is 5.06. The molecule has 0 heterocycles. The number of aliphatic hydroxyl groups is 1. The Kier molecular flexibility index (Phi) is 3.81. The summed E-state index contributed by atoms with van der Waals surface area (Å²) in [5, 5.41) is 12.7. The molecule has 0 aromatic rings. The lowest BCUT2D eigenvalue weighted by Crippen LogP contribution is -2.37. The number of rotatable bonds is 5. The van der Waals surface area contributed by atoms with E-state index < -0.39 is 0 Å². The number of aliphatic hydroxyl groups excluding tert-OH is 1. The van der Waals surface area contributed by atoms with Gasteiger partial charge in [-0.25, -0.2) is 0 Å². The number of hydrogen-bond donors (Lipinski definition) is 2. The molecule has 3 atom stereocenters. The summed E-state index contributed by atoms with van der Waals surface area (Å²) in [6, 6.07) is 1.12. The zero-order valence-corrected chi connectivity index (χ0v) is 9.65. The van der Waals surface area contributed by atoms with Crippen LogP contribution in [0.2, 0.25) is 0 Å². The average Bonchev–Trinajstić information content (AvgIpc) is 2.59. The van der Waals surface area contributed by atoms with Crippen molar-refractivity contribution in [1.82, 2.24) is 5.32 Å². The van der Waals surface area contributed by atoms with Gasteiger partial charge in [0.05, 0.1) is 0 Å². The quantitative estimate of drug-likeness (QED) is 0.680. The molecule has 15 heavy (non-hydrogen) atoms. The van der Waals surface area contributed by atoms with Crippen LogP contribution < -0.4 is 5.32 Å². The van der Waals surface area contributed by atoms with Crippen LogP contribution in [0.3, 0.4) is 0 Å². The average molecular weight is 209 g/mol. The van der Waals surface area contributed by atoms with E-state index >= 15 is 0 Å². The third-order valence-corrected chi connectivity index (χ3v) is 3.82. The molecule has 0 bridgehead atoms. The summed E-state index contributed by atoms with van der Waals surface area (Å²) in [5.74, 6) is 1.37. The summed E-state index contributed by atoms with van der Waals surface area (Å²) in [5.41, 5.74) is 0. The lowest BCUT2D eigenvalue weighted by atomic mass is 9.81. The van der Waals surface area contributed by atoms with Crippen molar-refractivity contribution in [2.75, 3.05) is 6.61 Å². The van der Waals surface area contributed by atoms with Crippen LogP contribution in [0, 0.1) is 11.8 Å². The van der Waals surface area contributed by atoms with Gasteiger partial charge in [0.15, 0.2) is 0 Å². The van der Waals surface area contributed by atoms with E-state index in [4.69, 9.17) is 5.11 Å². The summed E-state index contributed by atoms with van der Waals surface area (Å²) >= 11 is 0. The molecule has 0 aliphatic heterocycles. The maximum absolute atomic E-state index is 9.03. The van der Waals surface area contributed by atoms with Crippen LogP contribution in [0.5, 0.6) is 0 Å². The van der Waals surface area contributed by atoms with Crippen LogP contribution in [-0.4, -0.2) is 23.8 Å². The molecule has 2 nitrogen and oxygen atoms in total. The van der Waals surface area contributed by atoms with Crippen molar-refractivity contribution in [2.45, 2.75) is 51.1 Å². The molecule has 1 fully saturated rings. The molecule has 0 amide bonds. The standard InChI is InChI=1S/C13H23NO/c1-10(7-11-3-2-4-11)14-13-6-5-12(8-13)9-15/h5-6,10-15H,2-4,7-9H2,1H3/t10?,12-,13+/m0/s1. The van der Waals surface area contributed by atoms with Crippen LogP contribution in [0.15, 0.2) is 12.2 Å². The molecule has 0 aromatic carbocycles. The monoisotopic (exact) mass is 209 g/mol. The predicted molar refractivity (Wildman–Crippen MR) is 62.7 cm³/mol. The predicted octanol–water partition coefficient (Wildman–Crippen LogP) is 2.09. The minimum atomic E-state index is 0.297. The Morgan fingerprint density at radius 2 is 2.20 bits per heavy atom. The second kappa shape index (κ2) is 5.13. The summed E-state index contributed by atoms with van der Waals surface area (Å²) in [4.78, 5) is 0. The normalized spacial score (nSPS) is 32.9. The molecular weight excluding hydrogens is 186 g/mol. The zero-order valence-electron chi connectivity index (χ0n) is 9.65. The Hall–Kier alpha value is -0.340. The minimum absolute atomic E-state index is 0.297. The van der Waals surface area contributed by atoms with Crippen molar-refractivity contribution >= 4 is 0 Å². The van der Waals surface area contributed by atoms with E-state index in [-0.39, 0.29) is 0 Å². The Bertz CT molecular complexity index is 223. The maximum Gasteiger partial charge on any atom is 0.0494 e. The van der Waals surface area contributed by atoms with Gasteiger partial charge in [-0.2, -0.15) is 0 Å². The molecule has 1 saturated carbocycles. The van der Waals surface area contributed by atoms with Crippen LogP contribution in [0.4, 0.5) is 0 Å². The lowest BCUT2D eigenvalue weighted by Gasteiger charge is -2.29. The molecule has 2 aliphatic rings. The topological polar surface area (TPSA) is 32.3 Å². The van der Waals surface area contributed by atoms with E-state index in [1.807, 2.05) is 0 Å². The van der Waals surface area contributed by atoms with Crippen molar-refractivity contribution in [3.8, 4) is 0 Å². The molecule has 0 aromatic heterocycles. The Morgan fingerprint density at radius 3 is 2.73 bits per heavy atom. The highest BCUT2D eigenvalue weighted by atomic mass is 16.3. The van der Waals surface area contributed by atoms with Crippen molar-refractivity contribution in [3.05, 3.63) is 12.2 Å². The molecule has 2 heteroatoms. The summed E-state index contributed by atoms with van der Waals surface area (Å²) < 4.78 is 0. The molecule has 2 N–H and O–H groups in total. The molecule has 86 valence electrons. The fraction of sp³-hybridized carbons (Fsp3) is 0.846. The van der Waals surface area contributed by atoms with Gasteiger partial charge in [0.25, 0.3) is 0 Å². The van der Waals surface area contributed by atoms with Crippen molar-refractivity contribution in [3.63, 3.8) is 0 Å². The number of nitrogens with one attached hydrogen (secondary N) is 1. The van der Waals surface area contributed by atoms with E-state index in [2.05, 4.69) is 24.4 Å². The smallest absolute Gasteiger partial charge is 0.0494 e. The molecule has 0 radical (unpaired) electrons. The van der Waals surface area contributed by atoms with E-state index in [1.165, 1.54) is 25.7 Å². The largest absolute Gasteiger partial charge is 0.396 e. The Labute approximate surface area is 92.8 Å². The third kappa shape index (κ3) is 3.05. The van der Waals surface area contributed by atoms with Gasteiger partial charge in [-0.1, -0.05) is 31.4 Å². The van der Waals surface area contributed by atoms with Crippen LogP contribution in [-0.2, 0) is 0 Å². The van der Waals surface area contributed by atoms with Crippen molar-refractivity contribution in [2.24, 2.45) is 11.8 Å². The van der Waals surface area contributed by atoms with Gasteiger partial charge in [0.2, 0.25) is 0 Å². The zero-order chi connectivity index (χ0) is 10.7. The van der Waals surface area contributed by atoms with Gasteiger partial charge in [0.1, 0.15) is 0 Å². The second-order valence-corrected chi connectivity index (χ2v) is 5.27. The van der Waals surface area contributed by atoms with E-state index in [1.54, 1.807) is 0 Å². The van der Waals surface area contributed by atoms with Crippen LogP contribution in [0.1, 0.15) is 39.0 Å². The molecule has 2 aliphatic carbocycles. The van der Waals surface area contributed by atoms with Gasteiger partial charge >= 0.3 is 0 Å². The SMILES string of the molecule is CC(CC1CCC1)N[C@@H]1C=C[C@H](CO)C1. The first-order valence-corrected chi connectivity index (χ1v) is 6.33. The van der Waals surface area contributed by atoms with E-state index in [0.717, 1.165) is 12.3 Å². The van der Waals surface area contributed by atoms with E-state index in [9.17, 15) is 0 Å². The van der Waals surface area contributed by atoms with Gasteiger partial charge in [-0.05, 0) is 25.7 Å². The van der Waals surface area contributed by atoms with Crippen LogP contribution in [0.25, 0.3) is 0 Å². The minimum Gasteiger partial charge on any atom is -0.396 e. The molecular formula is C13H23NO. The first-order chi connectivity index (χ1) is 7.28. The first-order valence-electron chi connectivity index (χ1n) is 6.33. The van der Waals surface area contributed by atoms with Crippen molar-refractivity contribution < 1.29 is 5.11 Å². The van der Waals surface area contributed by atoms with E-state index in [0.29, 0.717) is 24.6 Å². The van der Waals surface area contributed by atoms with Gasteiger partial charge in [-0.15, -0.1) is 0 Å². The fourth-order valence-electron chi connectivity index (χ4n) is 2.70. The van der Waals surface area contributed by atoms with Gasteiger partial charge < -0.3 is 10.4 Å².